The second-order valence-corrected chi connectivity index (χ2v) is 8.56. The second-order valence-electron chi connectivity index (χ2n) is 8.56. The fourth-order valence-corrected chi connectivity index (χ4v) is 3.38. The van der Waals surface area contributed by atoms with E-state index in [0.29, 0.717) is 6.79 Å². The lowest BCUT2D eigenvalue weighted by Gasteiger charge is -2.18. The smallest absolute Gasteiger partial charge is 0.188 e. The Labute approximate surface area is 194 Å². The summed E-state index contributed by atoms with van der Waals surface area (Å²) in [6.45, 7) is 9.44. The molecule has 0 aromatic carbocycles. The number of allylic oxidation sites excluding steroid dienone is 1. The molecule has 0 aliphatic heterocycles. The van der Waals surface area contributed by atoms with Gasteiger partial charge in [0.2, 0.25) is 0 Å². The Kier molecular flexibility index (Phi) is 26.9. The van der Waals surface area contributed by atoms with Crippen molar-refractivity contribution in [3.05, 3.63) is 12.3 Å². The van der Waals surface area contributed by atoms with E-state index in [2.05, 4.69) is 20.8 Å². The van der Waals surface area contributed by atoms with Gasteiger partial charge in [-0.25, -0.2) is 0 Å². The number of hydrogen-bond donors (Lipinski definition) is 0. The summed E-state index contributed by atoms with van der Waals surface area (Å²) < 4.78 is 23.0. The number of ether oxygens (including phenoxy) is 4. The van der Waals surface area contributed by atoms with Crippen LogP contribution >= 0.6 is 0 Å². The van der Waals surface area contributed by atoms with Crippen molar-refractivity contribution in [1.29, 1.82) is 0 Å². The molecule has 0 radical (unpaired) electrons. The van der Waals surface area contributed by atoms with Crippen molar-refractivity contribution < 1.29 is 18.9 Å². The van der Waals surface area contributed by atoms with E-state index < -0.39 is 0 Å². The van der Waals surface area contributed by atoms with Crippen LogP contribution in [0.15, 0.2) is 12.3 Å². The van der Waals surface area contributed by atoms with Gasteiger partial charge in [0.05, 0.1) is 12.9 Å². The summed E-state index contributed by atoms with van der Waals surface area (Å²) in [6.07, 6.45) is 24.4. The van der Waals surface area contributed by atoms with Gasteiger partial charge in [0.15, 0.2) is 13.1 Å². The van der Waals surface area contributed by atoms with Crippen LogP contribution in [-0.2, 0) is 18.9 Å². The fraction of sp³-hybridized carbons (Fsp3) is 0.926. The van der Waals surface area contributed by atoms with Crippen molar-refractivity contribution >= 4 is 0 Å². The topological polar surface area (TPSA) is 36.9 Å². The molecule has 4 heteroatoms. The van der Waals surface area contributed by atoms with E-state index in [1.54, 1.807) is 6.26 Å². The molecule has 0 heterocycles. The van der Waals surface area contributed by atoms with Crippen LogP contribution in [0.3, 0.4) is 0 Å². The molecule has 0 amide bonds. The Bertz CT molecular complexity index is 328. The standard InChI is InChI=1S/C27H54O4/c1-4-7-10-12-14-18-24-30-27(31-25-19-15-13-11-8-5-2)21-16-20-23-29-26-28-22-17-9-6-3/h20,23,27H,4-19,21-22,24-26H2,1-3H3. The predicted molar refractivity (Wildman–Crippen MR) is 132 cm³/mol. The Morgan fingerprint density at radius 1 is 0.581 bits per heavy atom. The van der Waals surface area contributed by atoms with E-state index in [0.717, 1.165) is 51.9 Å². The highest BCUT2D eigenvalue weighted by Crippen LogP contribution is 2.11. The normalized spacial score (nSPS) is 11.7. The zero-order chi connectivity index (χ0) is 22.7. The number of unbranched alkanes of at least 4 members (excludes halogenated alkanes) is 12. The molecule has 0 unspecified atom stereocenters. The van der Waals surface area contributed by atoms with Crippen molar-refractivity contribution in [2.75, 3.05) is 26.6 Å². The molecule has 0 saturated heterocycles. The van der Waals surface area contributed by atoms with Crippen LogP contribution in [-0.4, -0.2) is 32.9 Å². The zero-order valence-electron chi connectivity index (χ0n) is 21.2. The summed E-state index contributed by atoms with van der Waals surface area (Å²) in [4.78, 5) is 0. The van der Waals surface area contributed by atoms with E-state index in [1.807, 2.05) is 6.08 Å². The summed E-state index contributed by atoms with van der Waals surface area (Å²) in [6, 6.07) is 0. The lowest BCUT2D eigenvalue weighted by Crippen LogP contribution is -2.18. The molecule has 0 aliphatic rings. The molecule has 0 bridgehead atoms. The molecule has 0 fully saturated rings. The van der Waals surface area contributed by atoms with Crippen molar-refractivity contribution in [1.82, 2.24) is 0 Å². The molecule has 0 spiro atoms. The van der Waals surface area contributed by atoms with Gasteiger partial charge in [0.25, 0.3) is 0 Å². The number of rotatable bonds is 26. The summed E-state index contributed by atoms with van der Waals surface area (Å²) in [5, 5.41) is 0. The molecular formula is C27H54O4. The molecule has 0 aromatic rings. The third-order valence-electron chi connectivity index (χ3n) is 5.41. The first-order chi connectivity index (χ1) is 15.3. The molecule has 4 nitrogen and oxygen atoms in total. The zero-order valence-corrected chi connectivity index (χ0v) is 21.2. The molecule has 0 aliphatic carbocycles. The van der Waals surface area contributed by atoms with E-state index in [9.17, 15) is 0 Å². The highest BCUT2D eigenvalue weighted by atomic mass is 16.7. The average molecular weight is 443 g/mol. The maximum absolute atomic E-state index is 6.05. The molecule has 0 aromatic heterocycles. The summed E-state index contributed by atoms with van der Waals surface area (Å²) in [7, 11) is 0. The van der Waals surface area contributed by atoms with Crippen LogP contribution in [0.25, 0.3) is 0 Å². The van der Waals surface area contributed by atoms with E-state index >= 15 is 0 Å². The van der Waals surface area contributed by atoms with Crippen molar-refractivity contribution in [2.45, 2.75) is 136 Å². The number of hydrogen-bond acceptors (Lipinski definition) is 4. The van der Waals surface area contributed by atoms with Gasteiger partial charge in [-0.05, 0) is 31.8 Å². The quantitative estimate of drug-likeness (QED) is 0.0764. The van der Waals surface area contributed by atoms with Gasteiger partial charge < -0.3 is 18.9 Å². The molecular weight excluding hydrogens is 388 g/mol. The monoisotopic (exact) mass is 442 g/mol. The SMILES string of the molecule is CCCCCCCCOC(CCC=COCOCCCCC)OCCCCCCCC. The van der Waals surface area contributed by atoms with Crippen molar-refractivity contribution in [3.8, 4) is 0 Å². The van der Waals surface area contributed by atoms with Crippen LogP contribution in [0.4, 0.5) is 0 Å². The first-order valence-electron chi connectivity index (χ1n) is 13.4. The van der Waals surface area contributed by atoms with Crippen LogP contribution in [0, 0.1) is 0 Å². The lowest BCUT2D eigenvalue weighted by atomic mass is 10.1. The van der Waals surface area contributed by atoms with Gasteiger partial charge in [-0.15, -0.1) is 0 Å². The molecule has 0 rings (SSSR count). The van der Waals surface area contributed by atoms with Crippen LogP contribution in [0.5, 0.6) is 0 Å². The summed E-state index contributed by atoms with van der Waals surface area (Å²) in [5.41, 5.74) is 0. The average Bonchev–Trinajstić information content (AvgIpc) is 2.78. The maximum Gasteiger partial charge on any atom is 0.188 e. The summed E-state index contributed by atoms with van der Waals surface area (Å²) in [5.74, 6) is 0. The van der Waals surface area contributed by atoms with Crippen LogP contribution < -0.4 is 0 Å². The first kappa shape index (κ1) is 30.4. The minimum Gasteiger partial charge on any atom is -0.475 e. The van der Waals surface area contributed by atoms with Crippen LogP contribution in [0.2, 0.25) is 0 Å². The van der Waals surface area contributed by atoms with Crippen molar-refractivity contribution in [2.24, 2.45) is 0 Å². The largest absolute Gasteiger partial charge is 0.475 e. The van der Waals surface area contributed by atoms with Crippen LogP contribution in [0.1, 0.15) is 130 Å². The van der Waals surface area contributed by atoms with Gasteiger partial charge in [0.1, 0.15) is 0 Å². The summed E-state index contributed by atoms with van der Waals surface area (Å²) >= 11 is 0. The maximum atomic E-state index is 6.05. The molecule has 0 saturated carbocycles. The van der Waals surface area contributed by atoms with Gasteiger partial charge in [-0.3, -0.25) is 0 Å². The Hall–Kier alpha value is -0.580. The lowest BCUT2D eigenvalue weighted by molar-refractivity contribution is -0.146. The van der Waals surface area contributed by atoms with Gasteiger partial charge in [-0.2, -0.15) is 0 Å². The fourth-order valence-electron chi connectivity index (χ4n) is 3.38. The van der Waals surface area contributed by atoms with E-state index in [1.165, 1.54) is 77.0 Å². The Balaban J connectivity index is 3.90. The molecule has 0 N–H and O–H groups in total. The van der Waals surface area contributed by atoms with Gasteiger partial charge in [-0.1, -0.05) is 97.8 Å². The highest BCUT2D eigenvalue weighted by molar-refractivity contribution is 4.73. The minimum atomic E-state index is -0.0961. The predicted octanol–water partition coefficient (Wildman–Crippen LogP) is 8.54. The first-order valence-corrected chi connectivity index (χ1v) is 13.4. The van der Waals surface area contributed by atoms with Gasteiger partial charge >= 0.3 is 0 Å². The highest BCUT2D eigenvalue weighted by Gasteiger charge is 2.08. The third kappa shape index (κ3) is 25.6. The molecule has 31 heavy (non-hydrogen) atoms. The second kappa shape index (κ2) is 27.5. The molecule has 0 atom stereocenters. The third-order valence-corrected chi connectivity index (χ3v) is 5.41. The van der Waals surface area contributed by atoms with E-state index in [-0.39, 0.29) is 6.29 Å². The van der Waals surface area contributed by atoms with Gasteiger partial charge in [0, 0.05) is 19.6 Å². The molecule has 186 valence electrons. The van der Waals surface area contributed by atoms with E-state index in [4.69, 9.17) is 18.9 Å². The Morgan fingerprint density at radius 3 is 1.65 bits per heavy atom. The Morgan fingerprint density at radius 2 is 1.06 bits per heavy atom. The van der Waals surface area contributed by atoms with Crippen molar-refractivity contribution in [3.63, 3.8) is 0 Å². The minimum absolute atomic E-state index is 0.0961.